The van der Waals surface area contributed by atoms with Crippen LogP contribution in [0, 0.1) is 0 Å². The standard InChI is InChI=1S/C21H22F3N5O2S/c1-13(18(30)25-12-21(22,23)24)32-20-26-17-16(15-10-6-3-7-11-28(15)20)19(31)29(27-17)14-8-4-2-5-9-14/h2,4-5,8-9,13H,3,6-7,10-12H2,1H3,(H,25,30). The van der Waals surface area contributed by atoms with Crippen LogP contribution in [0.5, 0.6) is 0 Å². The summed E-state index contributed by atoms with van der Waals surface area (Å²) in [4.78, 5) is 30.0. The molecule has 1 aromatic carbocycles. The fourth-order valence-corrected chi connectivity index (χ4v) is 4.70. The van der Waals surface area contributed by atoms with Crippen LogP contribution in [-0.4, -0.2) is 43.2 Å². The Bertz CT molecular complexity index is 1140. The maximum atomic E-state index is 13.2. The zero-order chi connectivity index (χ0) is 22.9. The van der Waals surface area contributed by atoms with Crippen molar-refractivity contribution in [2.75, 3.05) is 6.54 Å². The number of hydrogen-bond acceptors (Lipinski definition) is 5. The van der Waals surface area contributed by atoms with Crippen molar-refractivity contribution in [3.05, 3.63) is 46.4 Å². The molecule has 0 fully saturated rings. The molecule has 1 N–H and O–H groups in total. The van der Waals surface area contributed by atoms with Crippen molar-refractivity contribution in [1.82, 2.24) is 24.6 Å². The Morgan fingerprint density at radius 2 is 1.97 bits per heavy atom. The molecule has 1 atom stereocenters. The predicted octanol–water partition coefficient (Wildman–Crippen LogP) is 3.42. The number of benzene rings is 1. The highest BCUT2D eigenvalue weighted by molar-refractivity contribution is 8.00. The lowest BCUT2D eigenvalue weighted by Gasteiger charge is -2.20. The molecule has 32 heavy (non-hydrogen) atoms. The molecule has 0 aromatic heterocycles. The summed E-state index contributed by atoms with van der Waals surface area (Å²) in [6.07, 6.45) is -1.04. The van der Waals surface area contributed by atoms with Gasteiger partial charge < -0.3 is 9.88 Å². The zero-order valence-electron chi connectivity index (χ0n) is 17.4. The van der Waals surface area contributed by atoms with E-state index < -0.39 is 23.9 Å². The van der Waals surface area contributed by atoms with Crippen LogP contribution >= 0.6 is 11.8 Å². The first-order chi connectivity index (χ1) is 15.2. The third-order valence-electron chi connectivity index (χ3n) is 5.28. The Morgan fingerprint density at radius 3 is 2.69 bits per heavy atom. The SMILES string of the molecule is CC(Sc1nc2nn(-c3ccccc3)c(=O)c-2c2n1CCCCC2)C(=O)NCC(F)(F)F. The van der Waals surface area contributed by atoms with Gasteiger partial charge in [-0.05, 0) is 38.3 Å². The van der Waals surface area contributed by atoms with E-state index >= 15 is 0 Å². The predicted molar refractivity (Wildman–Crippen MR) is 114 cm³/mol. The molecule has 11 heteroatoms. The number of fused-ring (bicyclic) bond motifs is 3. The molecule has 0 saturated heterocycles. The molecule has 3 heterocycles. The Kier molecular flexibility index (Phi) is 6.27. The number of carbonyl (C=O) groups is 1. The largest absolute Gasteiger partial charge is 0.405 e. The lowest BCUT2D eigenvalue weighted by atomic mass is 10.1. The number of carbonyl (C=O) groups excluding carboxylic acids is 1. The summed E-state index contributed by atoms with van der Waals surface area (Å²) >= 11 is 1.07. The van der Waals surface area contributed by atoms with Gasteiger partial charge in [0, 0.05) is 12.2 Å². The van der Waals surface area contributed by atoms with Gasteiger partial charge in [0.05, 0.1) is 10.9 Å². The van der Waals surface area contributed by atoms with Gasteiger partial charge in [0.1, 0.15) is 12.1 Å². The Labute approximate surface area is 186 Å². The average molecular weight is 466 g/mol. The highest BCUT2D eigenvalue weighted by atomic mass is 32.2. The molecule has 0 spiro atoms. The Hall–Kier alpha value is -2.82. The second-order valence-corrected chi connectivity index (χ2v) is 8.96. The molecular formula is C21H22F3N5O2S. The summed E-state index contributed by atoms with van der Waals surface area (Å²) in [6, 6.07) is 9.03. The first-order valence-corrected chi connectivity index (χ1v) is 11.2. The van der Waals surface area contributed by atoms with Crippen molar-refractivity contribution in [2.24, 2.45) is 0 Å². The Morgan fingerprint density at radius 1 is 1.22 bits per heavy atom. The minimum absolute atomic E-state index is 0.253. The molecule has 4 rings (SSSR count). The average Bonchev–Trinajstić information content (AvgIpc) is 2.92. The van der Waals surface area contributed by atoms with E-state index in [0.29, 0.717) is 29.4 Å². The summed E-state index contributed by atoms with van der Waals surface area (Å²) in [7, 11) is 0. The van der Waals surface area contributed by atoms with Gasteiger partial charge in [-0.25, -0.2) is 4.98 Å². The van der Waals surface area contributed by atoms with E-state index in [4.69, 9.17) is 0 Å². The highest BCUT2D eigenvalue weighted by Gasteiger charge is 2.31. The van der Waals surface area contributed by atoms with Gasteiger partial charge in [-0.1, -0.05) is 36.4 Å². The number of amides is 1. The molecule has 1 unspecified atom stereocenters. The van der Waals surface area contributed by atoms with Crippen LogP contribution in [0.4, 0.5) is 13.2 Å². The zero-order valence-corrected chi connectivity index (χ0v) is 18.2. The van der Waals surface area contributed by atoms with Gasteiger partial charge >= 0.3 is 6.18 Å². The van der Waals surface area contributed by atoms with Gasteiger partial charge in [-0.3, -0.25) is 9.59 Å². The topological polar surface area (TPSA) is 81.8 Å². The van der Waals surface area contributed by atoms with Gasteiger partial charge in [0.15, 0.2) is 11.0 Å². The van der Waals surface area contributed by atoms with Crippen molar-refractivity contribution in [1.29, 1.82) is 0 Å². The number of nitrogens with zero attached hydrogens (tertiary/aromatic N) is 4. The molecular weight excluding hydrogens is 443 g/mol. The molecule has 1 aromatic rings. The van der Waals surface area contributed by atoms with Crippen LogP contribution in [0.2, 0.25) is 0 Å². The van der Waals surface area contributed by atoms with Crippen LogP contribution in [-0.2, 0) is 17.8 Å². The second kappa shape index (κ2) is 8.97. The smallest absolute Gasteiger partial charge is 0.346 e. The van der Waals surface area contributed by atoms with Crippen LogP contribution < -0.4 is 10.9 Å². The van der Waals surface area contributed by atoms with Gasteiger partial charge in [0.25, 0.3) is 5.56 Å². The van der Waals surface area contributed by atoms with Crippen molar-refractivity contribution in [3.8, 4) is 17.1 Å². The third-order valence-corrected chi connectivity index (χ3v) is 6.37. The lowest BCUT2D eigenvalue weighted by molar-refractivity contribution is -0.137. The quantitative estimate of drug-likeness (QED) is 0.461. The molecule has 0 radical (unpaired) electrons. The summed E-state index contributed by atoms with van der Waals surface area (Å²) in [6.45, 7) is 0.774. The second-order valence-electron chi connectivity index (χ2n) is 7.65. The molecule has 3 aliphatic rings. The van der Waals surface area contributed by atoms with E-state index in [9.17, 15) is 22.8 Å². The number of para-hydroxylation sites is 1. The van der Waals surface area contributed by atoms with E-state index in [1.165, 1.54) is 11.6 Å². The fourth-order valence-electron chi connectivity index (χ4n) is 3.73. The molecule has 170 valence electrons. The number of hydrogen-bond donors (Lipinski definition) is 1. The van der Waals surface area contributed by atoms with Crippen molar-refractivity contribution >= 4 is 17.7 Å². The van der Waals surface area contributed by atoms with Crippen LogP contribution in [0.25, 0.3) is 17.1 Å². The lowest BCUT2D eigenvalue weighted by Crippen LogP contribution is -2.38. The van der Waals surface area contributed by atoms with Crippen molar-refractivity contribution in [2.45, 2.75) is 55.7 Å². The number of rotatable bonds is 5. The molecule has 1 amide bonds. The van der Waals surface area contributed by atoms with E-state index in [1.807, 2.05) is 28.1 Å². The number of alkyl halides is 3. The summed E-state index contributed by atoms with van der Waals surface area (Å²) in [5.41, 5.74) is 1.63. The van der Waals surface area contributed by atoms with E-state index in [-0.39, 0.29) is 11.4 Å². The Balaban J connectivity index is 1.73. The third kappa shape index (κ3) is 4.67. The van der Waals surface area contributed by atoms with Crippen LogP contribution in [0.3, 0.4) is 0 Å². The maximum Gasteiger partial charge on any atom is 0.405 e. The minimum Gasteiger partial charge on any atom is -0.346 e. The molecule has 7 nitrogen and oxygen atoms in total. The molecule has 0 aliphatic carbocycles. The number of nitrogens with one attached hydrogen (secondary N) is 1. The molecule has 0 saturated carbocycles. The summed E-state index contributed by atoms with van der Waals surface area (Å²) < 4.78 is 40.6. The minimum atomic E-state index is -4.47. The summed E-state index contributed by atoms with van der Waals surface area (Å²) in [5, 5.41) is 6.01. The van der Waals surface area contributed by atoms with Crippen molar-refractivity contribution in [3.63, 3.8) is 0 Å². The van der Waals surface area contributed by atoms with Crippen molar-refractivity contribution < 1.29 is 18.0 Å². The number of thioether (sulfide) groups is 1. The fraction of sp³-hybridized carbons (Fsp3) is 0.429. The van der Waals surface area contributed by atoms with Gasteiger partial charge in [-0.15, -0.1) is 5.10 Å². The first kappa shape index (κ1) is 22.4. The number of aromatic nitrogens is 4. The number of halogens is 3. The van der Waals surface area contributed by atoms with Gasteiger partial charge in [-0.2, -0.15) is 17.9 Å². The first-order valence-electron chi connectivity index (χ1n) is 10.3. The van der Waals surface area contributed by atoms with Gasteiger partial charge in [0.2, 0.25) is 5.91 Å². The monoisotopic (exact) mass is 465 g/mol. The molecule has 3 aliphatic heterocycles. The molecule has 0 bridgehead atoms. The highest BCUT2D eigenvalue weighted by Crippen LogP contribution is 2.32. The van der Waals surface area contributed by atoms with E-state index in [2.05, 4.69) is 10.1 Å². The van der Waals surface area contributed by atoms with Crippen LogP contribution in [0.1, 0.15) is 31.9 Å². The maximum absolute atomic E-state index is 13.2. The normalized spacial score (nSPS) is 15.2. The van der Waals surface area contributed by atoms with Crippen LogP contribution in [0.15, 0.2) is 40.3 Å². The van der Waals surface area contributed by atoms with E-state index in [0.717, 1.165) is 36.7 Å². The van der Waals surface area contributed by atoms with E-state index in [1.54, 1.807) is 12.1 Å². The summed E-state index contributed by atoms with van der Waals surface area (Å²) in [5.74, 6) is -0.450.